The molecular weight excluding hydrogens is 250 g/mol. The summed E-state index contributed by atoms with van der Waals surface area (Å²) in [6, 6.07) is 7.88. The molecule has 0 fully saturated rings. The van der Waals surface area contributed by atoms with Gasteiger partial charge >= 0.3 is 0 Å². The number of aromatic nitrogens is 2. The van der Waals surface area contributed by atoms with Crippen molar-refractivity contribution in [1.29, 1.82) is 0 Å². The van der Waals surface area contributed by atoms with Gasteiger partial charge in [0.15, 0.2) is 5.78 Å². The Morgan fingerprint density at radius 1 is 1.35 bits per heavy atom. The summed E-state index contributed by atoms with van der Waals surface area (Å²) in [7, 11) is 2.02. The van der Waals surface area contributed by atoms with Gasteiger partial charge in [-0.1, -0.05) is 37.3 Å². The highest BCUT2D eigenvalue weighted by atomic mass is 16.1. The average molecular weight is 267 g/mol. The van der Waals surface area contributed by atoms with Gasteiger partial charge in [0.2, 0.25) is 0 Å². The van der Waals surface area contributed by atoms with E-state index < -0.39 is 0 Å². The van der Waals surface area contributed by atoms with Gasteiger partial charge in [0.05, 0.1) is 5.52 Å². The summed E-state index contributed by atoms with van der Waals surface area (Å²) in [6.45, 7) is 2.71. The fourth-order valence-corrected chi connectivity index (χ4v) is 2.44. The van der Waals surface area contributed by atoms with Gasteiger partial charge in [-0.25, -0.2) is 4.68 Å². The average Bonchev–Trinajstić information content (AvgIpc) is 2.86. The van der Waals surface area contributed by atoms with Gasteiger partial charge in [-0.2, -0.15) is 5.10 Å². The number of benzene rings is 1. The molecule has 0 atom stereocenters. The SMILES string of the molecule is CCC(=O)c1nn(C2=CC=CCN2C)c2ccccc12. The molecule has 1 aromatic carbocycles. The van der Waals surface area contributed by atoms with Crippen molar-refractivity contribution >= 4 is 22.5 Å². The van der Waals surface area contributed by atoms with Gasteiger partial charge in [-0.15, -0.1) is 0 Å². The van der Waals surface area contributed by atoms with Crippen LogP contribution in [0.1, 0.15) is 23.8 Å². The van der Waals surface area contributed by atoms with Gasteiger partial charge in [-0.05, 0) is 12.1 Å². The van der Waals surface area contributed by atoms with Crippen molar-refractivity contribution in [3.8, 4) is 0 Å². The zero-order valence-corrected chi connectivity index (χ0v) is 11.7. The van der Waals surface area contributed by atoms with Crippen molar-refractivity contribution in [2.45, 2.75) is 13.3 Å². The predicted molar refractivity (Wildman–Crippen MR) is 80.4 cm³/mol. The normalized spacial score (nSPS) is 14.7. The zero-order chi connectivity index (χ0) is 14.1. The lowest BCUT2D eigenvalue weighted by Crippen LogP contribution is -2.23. The highest BCUT2D eigenvalue weighted by molar-refractivity contribution is 6.06. The van der Waals surface area contributed by atoms with Crippen LogP contribution in [0.5, 0.6) is 0 Å². The topological polar surface area (TPSA) is 38.1 Å². The second-order valence-electron chi connectivity index (χ2n) is 4.89. The van der Waals surface area contributed by atoms with Crippen LogP contribution in [0.25, 0.3) is 16.7 Å². The monoisotopic (exact) mass is 267 g/mol. The molecule has 0 saturated heterocycles. The Kier molecular flexibility index (Phi) is 3.14. The molecule has 0 radical (unpaired) electrons. The number of carbonyl (C=O) groups is 1. The minimum Gasteiger partial charge on any atom is -0.356 e. The third-order valence-corrected chi connectivity index (χ3v) is 3.54. The van der Waals surface area contributed by atoms with Crippen LogP contribution in [-0.2, 0) is 0 Å². The first-order valence-corrected chi connectivity index (χ1v) is 6.81. The maximum absolute atomic E-state index is 12.1. The molecule has 4 nitrogen and oxygen atoms in total. The number of likely N-dealkylation sites (N-methyl/N-ethyl adjacent to an activating group) is 1. The molecule has 102 valence electrons. The molecule has 0 N–H and O–H groups in total. The Morgan fingerprint density at radius 3 is 2.90 bits per heavy atom. The van der Waals surface area contributed by atoms with Gasteiger partial charge < -0.3 is 4.90 Å². The third kappa shape index (κ3) is 1.93. The van der Waals surface area contributed by atoms with Crippen LogP contribution in [0.4, 0.5) is 0 Å². The van der Waals surface area contributed by atoms with Crippen molar-refractivity contribution in [2.24, 2.45) is 0 Å². The molecule has 2 heterocycles. The Labute approximate surface area is 118 Å². The van der Waals surface area contributed by atoms with Crippen molar-refractivity contribution in [3.63, 3.8) is 0 Å². The van der Waals surface area contributed by atoms with Gasteiger partial charge in [0.25, 0.3) is 0 Å². The predicted octanol–water partition coefficient (Wildman–Crippen LogP) is 2.93. The minimum atomic E-state index is 0.0783. The fourth-order valence-electron chi connectivity index (χ4n) is 2.44. The zero-order valence-electron chi connectivity index (χ0n) is 11.7. The number of rotatable bonds is 3. The van der Waals surface area contributed by atoms with Gasteiger partial charge in [0.1, 0.15) is 11.5 Å². The summed E-state index contributed by atoms with van der Waals surface area (Å²) in [4.78, 5) is 14.2. The van der Waals surface area contributed by atoms with E-state index in [-0.39, 0.29) is 5.78 Å². The lowest BCUT2D eigenvalue weighted by Gasteiger charge is -2.23. The summed E-state index contributed by atoms with van der Waals surface area (Å²) in [5.41, 5.74) is 1.53. The number of nitrogens with zero attached hydrogens (tertiary/aromatic N) is 3. The Hall–Kier alpha value is -2.36. The first kappa shape index (κ1) is 12.7. The minimum absolute atomic E-state index is 0.0783. The van der Waals surface area contributed by atoms with E-state index in [4.69, 9.17) is 0 Å². The summed E-state index contributed by atoms with van der Waals surface area (Å²) in [6.07, 6.45) is 6.60. The largest absolute Gasteiger partial charge is 0.356 e. The second kappa shape index (κ2) is 4.96. The van der Waals surface area contributed by atoms with Crippen LogP contribution < -0.4 is 0 Å². The van der Waals surface area contributed by atoms with E-state index in [1.807, 2.05) is 55.1 Å². The second-order valence-corrected chi connectivity index (χ2v) is 4.89. The smallest absolute Gasteiger partial charge is 0.183 e. The highest BCUT2D eigenvalue weighted by Crippen LogP contribution is 2.24. The van der Waals surface area contributed by atoms with Crippen molar-refractivity contribution < 1.29 is 4.79 Å². The molecule has 3 rings (SSSR count). The van der Waals surface area contributed by atoms with Crippen molar-refractivity contribution in [3.05, 3.63) is 48.2 Å². The van der Waals surface area contributed by atoms with E-state index in [0.717, 1.165) is 23.3 Å². The number of Topliss-reactive ketones (excluding diaryl/α,β-unsaturated/α-hetero) is 1. The number of fused-ring (bicyclic) bond motifs is 1. The fraction of sp³-hybridized carbons (Fsp3) is 0.250. The number of hydrogen-bond donors (Lipinski definition) is 0. The van der Waals surface area contributed by atoms with Crippen LogP contribution in [0.2, 0.25) is 0 Å². The molecule has 4 heteroatoms. The highest BCUT2D eigenvalue weighted by Gasteiger charge is 2.19. The van der Waals surface area contributed by atoms with Crippen LogP contribution in [0, 0.1) is 0 Å². The molecular formula is C16H17N3O. The van der Waals surface area contributed by atoms with Gasteiger partial charge in [-0.3, -0.25) is 4.79 Å². The van der Waals surface area contributed by atoms with Crippen LogP contribution in [0.3, 0.4) is 0 Å². The first-order valence-electron chi connectivity index (χ1n) is 6.81. The molecule has 1 aliphatic heterocycles. The number of hydrogen-bond acceptors (Lipinski definition) is 3. The Balaban J connectivity index is 2.24. The van der Waals surface area contributed by atoms with Crippen LogP contribution in [0.15, 0.2) is 42.5 Å². The summed E-state index contributed by atoms with van der Waals surface area (Å²) in [5.74, 6) is 1.06. The van der Waals surface area contributed by atoms with Crippen LogP contribution >= 0.6 is 0 Å². The lowest BCUT2D eigenvalue weighted by atomic mass is 10.1. The molecule has 0 amide bonds. The molecule has 0 bridgehead atoms. The van der Waals surface area contributed by atoms with E-state index in [0.29, 0.717) is 12.1 Å². The summed E-state index contributed by atoms with van der Waals surface area (Å²) < 4.78 is 1.86. The summed E-state index contributed by atoms with van der Waals surface area (Å²) >= 11 is 0. The third-order valence-electron chi connectivity index (χ3n) is 3.54. The van der Waals surface area contributed by atoms with Crippen LogP contribution in [-0.4, -0.2) is 34.1 Å². The standard InChI is InChI=1S/C16H17N3O/c1-3-14(20)16-12-8-4-5-9-13(12)19(17-16)15-10-6-7-11-18(15)2/h4-10H,3,11H2,1-2H3. The molecule has 0 aliphatic carbocycles. The van der Waals surface area contributed by atoms with E-state index >= 15 is 0 Å². The first-order chi connectivity index (χ1) is 9.72. The number of carbonyl (C=O) groups excluding carboxylic acids is 1. The summed E-state index contributed by atoms with van der Waals surface area (Å²) in [5, 5.41) is 5.48. The molecule has 1 aliphatic rings. The number of allylic oxidation sites excluding steroid dienone is 2. The quantitative estimate of drug-likeness (QED) is 0.802. The van der Waals surface area contributed by atoms with Gasteiger partial charge in [0, 0.05) is 25.4 Å². The Bertz CT molecular complexity index is 724. The molecule has 20 heavy (non-hydrogen) atoms. The molecule has 0 saturated carbocycles. The van der Waals surface area contributed by atoms with E-state index in [1.165, 1.54) is 0 Å². The maximum atomic E-state index is 12.1. The van der Waals surface area contributed by atoms with Crippen molar-refractivity contribution in [2.75, 3.05) is 13.6 Å². The van der Waals surface area contributed by atoms with E-state index in [2.05, 4.69) is 16.1 Å². The van der Waals surface area contributed by atoms with Crippen molar-refractivity contribution in [1.82, 2.24) is 14.7 Å². The lowest BCUT2D eigenvalue weighted by molar-refractivity contribution is 0.0984. The van der Waals surface area contributed by atoms with E-state index in [1.54, 1.807) is 0 Å². The number of para-hydroxylation sites is 1. The molecule has 0 unspecified atom stereocenters. The number of ketones is 1. The Morgan fingerprint density at radius 2 is 2.15 bits per heavy atom. The molecule has 0 spiro atoms. The maximum Gasteiger partial charge on any atom is 0.183 e. The molecule has 1 aromatic heterocycles. The molecule has 2 aromatic rings. The van der Waals surface area contributed by atoms with E-state index in [9.17, 15) is 4.79 Å².